The minimum absolute atomic E-state index is 0.114. The lowest BCUT2D eigenvalue weighted by Gasteiger charge is -2.27. The third-order valence-electron chi connectivity index (χ3n) is 16.3. The van der Waals surface area contributed by atoms with Gasteiger partial charge < -0.3 is 0 Å². The second-order valence-corrected chi connectivity index (χ2v) is 20.2. The van der Waals surface area contributed by atoms with Crippen molar-refractivity contribution in [1.82, 2.24) is 0 Å². The summed E-state index contributed by atoms with van der Waals surface area (Å²) >= 11 is 0. The molecule has 0 aliphatic heterocycles. The average Bonchev–Trinajstić information content (AvgIpc) is 3.75. The van der Waals surface area contributed by atoms with Gasteiger partial charge >= 0.3 is 0 Å². The number of hydrogen-bond acceptors (Lipinski definition) is 0. The lowest BCUT2D eigenvalue weighted by atomic mass is 9.76. The fraction of sp³-hybridized carbons (Fsp3) is 0.104. The van der Waals surface area contributed by atoms with Crippen molar-refractivity contribution in [2.45, 2.75) is 44.9 Å². The summed E-state index contributed by atoms with van der Waals surface area (Å²) in [7, 11) is 0. The summed E-state index contributed by atoms with van der Waals surface area (Å²) < 4.78 is 0. The maximum Gasteiger partial charge on any atom is 0.0184 e. The maximum atomic E-state index is 2.51. The number of hydrogen-bond donors (Lipinski definition) is 0. The normalized spacial score (nSPS) is 15.7. The van der Waals surface area contributed by atoms with E-state index < -0.39 is 0 Å². The van der Waals surface area contributed by atoms with Crippen molar-refractivity contribution in [2.75, 3.05) is 0 Å². The van der Waals surface area contributed by atoms with Gasteiger partial charge in [0.1, 0.15) is 0 Å². The highest BCUT2D eigenvalue weighted by atomic mass is 14.4. The molecular weight excluding hydrogens is 805 g/mol. The topological polar surface area (TPSA) is 0 Å². The van der Waals surface area contributed by atoms with Crippen molar-refractivity contribution >= 4 is 64.6 Å². The van der Waals surface area contributed by atoms with Gasteiger partial charge in [0.15, 0.2) is 0 Å². The Hall–Kier alpha value is -7.80. The highest BCUT2D eigenvalue weighted by Crippen LogP contribution is 2.54. The summed E-state index contributed by atoms with van der Waals surface area (Å²) in [6, 6.07) is 78.8. The Morgan fingerprint density at radius 3 is 1.03 bits per heavy atom. The Balaban J connectivity index is 0.812. The lowest BCUT2D eigenvalue weighted by molar-refractivity contribution is 0.565. The smallest absolute Gasteiger partial charge is 0.0184 e. The van der Waals surface area contributed by atoms with Crippen LogP contribution in [0.4, 0.5) is 0 Å². The molecule has 316 valence electrons. The molecule has 1 atom stereocenters. The van der Waals surface area contributed by atoms with Crippen molar-refractivity contribution < 1.29 is 0 Å². The van der Waals surface area contributed by atoms with E-state index in [1.165, 1.54) is 143 Å². The molecule has 0 fully saturated rings. The monoisotopic (exact) mass is 852 g/mol. The minimum Gasteiger partial charge on any atom is -0.0642 e. The van der Waals surface area contributed by atoms with E-state index in [1.54, 1.807) is 0 Å². The van der Waals surface area contributed by atoms with Gasteiger partial charge in [-0.05, 0) is 222 Å². The molecule has 0 radical (unpaired) electrons. The van der Waals surface area contributed by atoms with Gasteiger partial charge in [-0.15, -0.1) is 0 Å². The molecule has 12 aromatic rings. The molecule has 0 saturated carbocycles. The zero-order valence-electron chi connectivity index (χ0n) is 38.3. The molecule has 2 aliphatic rings. The highest BCUT2D eigenvalue weighted by molar-refractivity contribution is 6.10. The van der Waals surface area contributed by atoms with Crippen LogP contribution in [0.5, 0.6) is 0 Å². The molecule has 14 rings (SSSR count). The number of benzene rings is 12. The predicted molar refractivity (Wildman–Crippen MR) is 288 cm³/mol. The lowest BCUT2D eigenvalue weighted by Crippen LogP contribution is -2.19. The number of fused-ring (bicyclic) bond motifs is 12. The van der Waals surface area contributed by atoms with Gasteiger partial charge in [0.05, 0.1) is 0 Å². The highest BCUT2D eigenvalue weighted by Gasteiger charge is 2.39. The van der Waals surface area contributed by atoms with Crippen LogP contribution >= 0.6 is 0 Å². The van der Waals surface area contributed by atoms with E-state index in [2.05, 4.69) is 234 Å². The van der Waals surface area contributed by atoms with Crippen LogP contribution in [-0.4, -0.2) is 0 Å². The van der Waals surface area contributed by atoms with Gasteiger partial charge in [-0.25, -0.2) is 0 Å². The van der Waals surface area contributed by atoms with Crippen molar-refractivity contribution in [3.63, 3.8) is 0 Å². The Morgan fingerprint density at radius 1 is 0.269 bits per heavy atom. The van der Waals surface area contributed by atoms with Gasteiger partial charge in [0, 0.05) is 10.8 Å². The Morgan fingerprint density at radius 2 is 0.597 bits per heavy atom. The second kappa shape index (κ2) is 13.9. The third-order valence-corrected chi connectivity index (χ3v) is 16.3. The zero-order chi connectivity index (χ0) is 44.8. The van der Waals surface area contributed by atoms with E-state index in [0.29, 0.717) is 0 Å². The van der Waals surface area contributed by atoms with E-state index >= 15 is 0 Å². The van der Waals surface area contributed by atoms with E-state index in [9.17, 15) is 0 Å². The van der Waals surface area contributed by atoms with Crippen LogP contribution in [0, 0.1) is 0 Å². The third kappa shape index (κ3) is 5.60. The average molecular weight is 853 g/mol. The largest absolute Gasteiger partial charge is 0.0642 e. The predicted octanol–water partition coefficient (Wildman–Crippen LogP) is 18.6. The Labute approximate surface area is 391 Å². The molecule has 0 aromatic heterocycles. The second-order valence-electron chi connectivity index (χ2n) is 20.2. The quantitative estimate of drug-likeness (QED) is 0.155. The molecule has 0 N–H and O–H groups in total. The molecule has 0 saturated heterocycles. The van der Waals surface area contributed by atoms with Crippen LogP contribution < -0.4 is 0 Å². The molecule has 67 heavy (non-hydrogen) atoms. The van der Waals surface area contributed by atoms with Crippen LogP contribution in [0.15, 0.2) is 206 Å². The molecule has 0 nitrogen and oxygen atoms in total. The Kier molecular flexibility index (Phi) is 7.96. The first kappa shape index (κ1) is 38.5. The van der Waals surface area contributed by atoms with E-state index in [-0.39, 0.29) is 10.8 Å². The van der Waals surface area contributed by atoms with Crippen molar-refractivity contribution in [3.05, 3.63) is 229 Å². The van der Waals surface area contributed by atoms with Crippen LogP contribution in [0.25, 0.3) is 120 Å². The van der Waals surface area contributed by atoms with Gasteiger partial charge in [-0.3, -0.25) is 0 Å². The fourth-order valence-corrected chi connectivity index (χ4v) is 12.4. The summed E-state index contributed by atoms with van der Waals surface area (Å²) in [6.07, 6.45) is 1.02. The molecule has 0 heterocycles. The van der Waals surface area contributed by atoms with E-state index in [4.69, 9.17) is 0 Å². The molecule has 0 amide bonds. The van der Waals surface area contributed by atoms with Crippen molar-refractivity contribution in [3.8, 4) is 55.6 Å². The summed E-state index contributed by atoms with van der Waals surface area (Å²) in [5.74, 6) is 0. The fourth-order valence-electron chi connectivity index (χ4n) is 12.4. The van der Waals surface area contributed by atoms with Crippen molar-refractivity contribution in [1.29, 1.82) is 0 Å². The minimum atomic E-state index is -0.157. The summed E-state index contributed by atoms with van der Waals surface area (Å²) in [5.41, 5.74) is 18.5. The molecule has 12 aromatic carbocycles. The molecule has 0 bridgehead atoms. The molecule has 0 spiro atoms. The van der Waals surface area contributed by atoms with Crippen LogP contribution in [0.1, 0.15) is 56.4 Å². The van der Waals surface area contributed by atoms with Gasteiger partial charge in [-0.1, -0.05) is 161 Å². The SMILES string of the molecule is CCC1(C)c2cc(-c3ccc4c(c3)C(C)(C)c3cc(-c5cccc6cc7cc8ccccc8cc7cc56)ccc3-4)ccc2-c2ccc(-c3cccc4cc5cc6ccccc6cc5cc34)cc21. The van der Waals surface area contributed by atoms with Gasteiger partial charge in [0.2, 0.25) is 0 Å². The first-order valence-corrected chi connectivity index (χ1v) is 24.0. The standard InChI is InChI=1S/C67H48/c1-5-67(4)64-37-45(21-25-58(64)59-27-23-49(39-65(59)67)55-19-11-17-47-33-51-29-41-13-7-9-15-43(41)31-53(51)35-61(47)55)44-20-24-56-57-26-22-48(38-63(57)66(2,3)62(56)36-44)54-18-10-16-46-32-50-28-40-12-6-8-14-42(40)30-52(50)34-60(46)54/h6-39H,5H2,1-4H3. The first-order chi connectivity index (χ1) is 32.7. The summed E-state index contributed by atoms with van der Waals surface area (Å²) in [5, 5.41) is 15.4. The molecule has 1 unspecified atom stereocenters. The molecule has 2 aliphatic carbocycles. The molecular formula is C67H48. The first-order valence-electron chi connectivity index (χ1n) is 24.0. The maximum absolute atomic E-state index is 2.51. The van der Waals surface area contributed by atoms with Gasteiger partial charge in [-0.2, -0.15) is 0 Å². The van der Waals surface area contributed by atoms with Crippen LogP contribution in [0.2, 0.25) is 0 Å². The number of rotatable bonds is 4. The van der Waals surface area contributed by atoms with E-state index in [0.717, 1.165) is 6.42 Å². The summed E-state index contributed by atoms with van der Waals surface area (Å²) in [6.45, 7) is 9.66. The molecule has 0 heteroatoms. The Bertz CT molecular complexity index is 4120. The zero-order valence-corrected chi connectivity index (χ0v) is 38.3. The van der Waals surface area contributed by atoms with Gasteiger partial charge in [0.25, 0.3) is 0 Å². The van der Waals surface area contributed by atoms with E-state index in [1.807, 2.05) is 0 Å². The van der Waals surface area contributed by atoms with Crippen LogP contribution in [-0.2, 0) is 10.8 Å². The summed E-state index contributed by atoms with van der Waals surface area (Å²) in [4.78, 5) is 0. The van der Waals surface area contributed by atoms with Crippen molar-refractivity contribution in [2.24, 2.45) is 0 Å². The van der Waals surface area contributed by atoms with Crippen LogP contribution in [0.3, 0.4) is 0 Å².